The van der Waals surface area contributed by atoms with Crippen molar-refractivity contribution in [1.29, 1.82) is 0 Å². The smallest absolute Gasteiger partial charge is 0.0700 e. The molecule has 0 bridgehead atoms. The maximum Gasteiger partial charge on any atom is 0.0700 e. The lowest BCUT2D eigenvalue weighted by Gasteiger charge is -2.05. The van der Waals surface area contributed by atoms with Crippen LogP contribution in [-0.2, 0) is 9.47 Å². The zero-order chi connectivity index (χ0) is 10.6. The lowest BCUT2D eigenvalue weighted by atomic mass is 10.2. The van der Waals surface area contributed by atoms with Gasteiger partial charge in [0.1, 0.15) is 0 Å². The lowest BCUT2D eigenvalue weighted by molar-refractivity contribution is 0.0456. The van der Waals surface area contributed by atoms with Gasteiger partial charge in [0, 0.05) is 13.2 Å². The number of hydrogen-bond donors (Lipinski definition) is 1. The number of aliphatic hydroxyl groups is 1. The van der Waals surface area contributed by atoms with E-state index in [9.17, 15) is 0 Å². The van der Waals surface area contributed by atoms with Crippen molar-refractivity contribution in [3.8, 4) is 0 Å². The second-order valence-electron chi connectivity index (χ2n) is 3.57. The van der Waals surface area contributed by atoms with Crippen LogP contribution in [0.15, 0.2) is 0 Å². The molecule has 3 nitrogen and oxygen atoms in total. The molecule has 1 unspecified atom stereocenters. The van der Waals surface area contributed by atoms with Gasteiger partial charge in [0.15, 0.2) is 0 Å². The first-order valence-corrected chi connectivity index (χ1v) is 5.61. The standard InChI is InChI=1S/C11H24O3/c1-3-7-13-9-10-14-8-5-4-6-11(2)12/h11-12H,3-10H2,1-2H3. The fraction of sp³-hybridized carbons (Fsp3) is 1.00. The van der Waals surface area contributed by atoms with E-state index in [1.165, 1.54) is 0 Å². The predicted octanol–water partition coefficient (Wildman–Crippen LogP) is 1.98. The molecule has 0 aromatic rings. The fourth-order valence-electron chi connectivity index (χ4n) is 1.11. The molecule has 0 aliphatic rings. The zero-order valence-electron chi connectivity index (χ0n) is 9.50. The first kappa shape index (κ1) is 13.9. The van der Waals surface area contributed by atoms with Gasteiger partial charge >= 0.3 is 0 Å². The summed E-state index contributed by atoms with van der Waals surface area (Å²) in [7, 11) is 0. The maximum atomic E-state index is 8.99. The second kappa shape index (κ2) is 11.0. The van der Waals surface area contributed by atoms with Crippen LogP contribution in [0.2, 0.25) is 0 Å². The molecule has 0 aliphatic carbocycles. The van der Waals surface area contributed by atoms with Crippen LogP contribution < -0.4 is 0 Å². The molecule has 0 rings (SSSR count). The molecule has 0 radical (unpaired) electrons. The molecule has 0 saturated carbocycles. The van der Waals surface area contributed by atoms with E-state index in [-0.39, 0.29) is 6.10 Å². The van der Waals surface area contributed by atoms with E-state index >= 15 is 0 Å². The molecular formula is C11H24O3. The summed E-state index contributed by atoms with van der Waals surface area (Å²) in [5, 5.41) is 8.99. The van der Waals surface area contributed by atoms with Crippen molar-refractivity contribution in [2.24, 2.45) is 0 Å². The first-order chi connectivity index (χ1) is 6.77. The minimum atomic E-state index is -0.178. The van der Waals surface area contributed by atoms with Crippen molar-refractivity contribution in [3.63, 3.8) is 0 Å². The van der Waals surface area contributed by atoms with E-state index in [2.05, 4.69) is 6.92 Å². The highest BCUT2D eigenvalue weighted by atomic mass is 16.5. The average molecular weight is 204 g/mol. The zero-order valence-corrected chi connectivity index (χ0v) is 9.50. The SMILES string of the molecule is CCCOCCOCCCCC(C)O. The molecule has 0 aromatic carbocycles. The largest absolute Gasteiger partial charge is 0.393 e. The Morgan fingerprint density at radius 3 is 2.21 bits per heavy atom. The summed E-state index contributed by atoms with van der Waals surface area (Å²) in [4.78, 5) is 0. The Morgan fingerprint density at radius 1 is 1.00 bits per heavy atom. The van der Waals surface area contributed by atoms with E-state index in [0.29, 0.717) is 13.2 Å². The van der Waals surface area contributed by atoms with Gasteiger partial charge in [-0.15, -0.1) is 0 Å². The highest BCUT2D eigenvalue weighted by molar-refractivity contribution is 4.47. The summed E-state index contributed by atoms with van der Waals surface area (Å²) in [6.45, 7) is 6.91. The van der Waals surface area contributed by atoms with Gasteiger partial charge in [-0.25, -0.2) is 0 Å². The highest BCUT2D eigenvalue weighted by Gasteiger charge is 1.95. The van der Waals surface area contributed by atoms with Gasteiger partial charge in [-0.05, 0) is 32.6 Å². The van der Waals surface area contributed by atoms with Gasteiger partial charge in [-0.2, -0.15) is 0 Å². The number of ether oxygens (including phenoxy) is 2. The van der Waals surface area contributed by atoms with Crippen LogP contribution in [0, 0.1) is 0 Å². The quantitative estimate of drug-likeness (QED) is 0.553. The summed E-state index contributed by atoms with van der Waals surface area (Å²) in [5.74, 6) is 0. The van der Waals surface area contributed by atoms with Crippen molar-refractivity contribution >= 4 is 0 Å². The monoisotopic (exact) mass is 204 g/mol. The van der Waals surface area contributed by atoms with Crippen LogP contribution in [0.5, 0.6) is 0 Å². The Balaban J connectivity index is 2.85. The van der Waals surface area contributed by atoms with Crippen molar-refractivity contribution in [2.45, 2.75) is 45.6 Å². The Labute approximate surface area is 87.4 Å². The fourth-order valence-corrected chi connectivity index (χ4v) is 1.11. The molecule has 1 N–H and O–H groups in total. The molecular weight excluding hydrogens is 180 g/mol. The van der Waals surface area contributed by atoms with E-state index in [1.807, 2.05) is 6.92 Å². The Hall–Kier alpha value is -0.120. The van der Waals surface area contributed by atoms with E-state index in [1.54, 1.807) is 0 Å². The molecule has 0 fully saturated rings. The normalized spacial score (nSPS) is 13.1. The molecule has 86 valence electrons. The van der Waals surface area contributed by atoms with Gasteiger partial charge in [0.25, 0.3) is 0 Å². The minimum Gasteiger partial charge on any atom is -0.393 e. The Morgan fingerprint density at radius 2 is 1.64 bits per heavy atom. The summed E-state index contributed by atoms with van der Waals surface area (Å²) < 4.78 is 10.6. The van der Waals surface area contributed by atoms with E-state index < -0.39 is 0 Å². The topological polar surface area (TPSA) is 38.7 Å². The number of rotatable bonds is 10. The molecule has 0 saturated heterocycles. The predicted molar refractivity (Wildman–Crippen MR) is 57.5 cm³/mol. The van der Waals surface area contributed by atoms with Crippen molar-refractivity contribution in [1.82, 2.24) is 0 Å². The third-order valence-corrected chi connectivity index (χ3v) is 1.88. The maximum absolute atomic E-state index is 8.99. The molecule has 3 heteroatoms. The van der Waals surface area contributed by atoms with Gasteiger partial charge in [-0.3, -0.25) is 0 Å². The van der Waals surface area contributed by atoms with Crippen molar-refractivity contribution < 1.29 is 14.6 Å². The minimum absolute atomic E-state index is 0.178. The Kier molecular flexibility index (Phi) is 10.9. The van der Waals surface area contributed by atoms with E-state index in [4.69, 9.17) is 14.6 Å². The molecule has 0 aromatic heterocycles. The van der Waals surface area contributed by atoms with Gasteiger partial charge in [0.05, 0.1) is 19.3 Å². The van der Waals surface area contributed by atoms with Crippen molar-refractivity contribution in [3.05, 3.63) is 0 Å². The molecule has 1 atom stereocenters. The van der Waals surface area contributed by atoms with Crippen LogP contribution in [0.1, 0.15) is 39.5 Å². The first-order valence-electron chi connectivity index (χ1n) is 5.61. The van der Waals surface area contributed by atoms with Crippen LogP contribution >= 0.6 is 0 Å². The van der Waals surface area contributed by atoms with Crippen LogP contribution in [0.3, 0.4) is 0 Å². The van der Waals surface area contributed by atoms with Crippen LogP contribution in [0.25, 0.3) is 0 Å². The molecule has 0 aliphatic heterocycles. The lowest BCUT2D eigenvalue weighted by Crippen LogP contribution is -2.06. The third-order valence-electron chi connectivity index (χ3n) is 1.88. The van der Waals surface area contributed by atoms with Crippen molar-refractivity contribution in [2.75, 3.05) is 26.4 Å². The molecule has 0 amide bonds. The second-order valence-corrected chi connectivity index (χ2v) is 3.57. The summed E-state index contributed by atoms with van der Waals surface area (Å²) >= 11 is 0. The Bertz CT molecular complexity index is 105. The number of unbranched alkanes of at least 4 members (excludes halogenated alkanes) is 1. The average Bonchev–Trinajstić information content (AvgIpc) is 2.15. The molecule has 14 heavy (non-hydrogen) atoms. The summed E-state index contributed by atoms with van der Waals surface area (Å²) in [5.41, 5.74) is 0. The molecule has 0 heterocycles. The summed E-state index contributed by atoms with van der Waals surface area (Å²) in [6.07, 6.45) is 3.82. The van der Waals surface area contributed by atoms with Gasteiger partial charge in [0.2, 0.25) is 0 Å². The van der Waals surface area contributed by atoms with E-state index in [0.717, 1.165) is 38.9 Å². The molecule has 0 spiro atoms. The van der Waals surface area contributed by atoms with Gasteiger partial charge < -0.3 is 14.6 Å². The van der Waals surface area contributed by atoms with Gasteiger partial charge in [-0.1, -0.05) is 6.92 Å². The van der Waals surface area contributed by atoms with Crippen LogP contribution in [0.4, 0.5) is 0 Å². The number of aliphatic hydroxyl groups excluding tert-OH is 1. The number of hydrogen-bond acceptors (Lipinski definition) is 3. The summed E-state index contributed by atoms with van der Waals surface area (Å²) in [6, 6.07) is 0. The third kappa shape index (κ3) is 11.9. The van der Waals surface area contributed by atoms with Crippen LogP contribution in [-0.4, -0.2) is 37.6 Å². The highest BCUT2D eigenvalue weighted by Crippen LogP contribution is 1.99.